The molecule has 18 heavy (non-hydrogen) atoms. The molecule has 2 aromatic carbocycles. The molecule has 2 aromatic rings. The number of anilines is 1. The van der Waals surface area contributed by atoms with Crippen LogP contribution in [-0.4, -0.2) is 6.54 Å². The lowest BCUT2D eigenvalue weighted by molar-refractivity contribution is 0.617. The molecule has 0 aromatic heterocycles. The molecule has 0 saturated carbocycles. The van der Waals surface area contributed by atoms with Gasteiger partial charge < -0.3 is 4.90 Å². The van der Waals surface area contributed by atoms with Gasteiger partial charge in [-0.25, -0.2) is 4.39 Å². The zero-order chi connectivity index (χ0) is 13.0. The highest BCUT2D eigenvalue weighted by Gasteiger charge is 2.10. The van der Waals surface area contributed by atoms with Crippen molar-refractivity contribution in [3.63, 3.8) is 0 Å². The summed E-state index contributed by atoms with van der Waals surface area (Å²) < 4.78 is 14.7. The minimum absolute atomic E-state index is 0.184. The van der Waals surface area contributed by atoms with Gasteiger partial charge in [0.05, 0.1) is 5.69 Å². The average Bonchev–Trinajstić information content (AvgIpc) is 2.40. The second-order valence-corrected chi connectivity index (χ2v) is 5.01. The predicted octanol–water partition coefficient (Wildman–Crippen LogP) is 4.61. The van der Waals surface area contributed by atoms with Gasteiger partial charge in [0.25, 0.3) is 0 Å². The molecule has 0 amide bonds. The first-order valence-corrected chi connectivity index (χ1v) is 6.74. The summed E-state index contributed by atoms with van der Waals surface area (Å²) in [6, 6.07) is 15.1. The standard InChI is InChI=1S/C15H15BrFN/c1-2-18(11-12-6-4-3-5-7-12)15-10-13(16)8-9-14(15)17/h3-10H,2,11H2,1H3. The van der Waals surface area contributed by atoms with Gasteiger partial charge in [-0.15, -0.1) is 0 Å². The van der Waals surface area contributed by atoms with Crippen LogP contribution in [0.25, 0.3) is 0 Å². The molecular weight excluding hydrogens is 293 g/mol. The van der Waals surface area contributed by atoms with Crippen molar-refractivity contribution in [1.29, 1.82) is 0 Å². The van der Waals surface area contributed by atoms with Gasteiger partial charge in [-0.2, -0.15) is 0 Å². The molecule has 0 N–H and O–H groups in total. The molecule has 0 radical (unpaired) electrons. The van der Waals surface area contributed by atoms with Gasteiger partial charge in [0, 0.05) is 17.6 Å². The van der Waals surface area contributed by atoms with E-state index in [4.69, 9.17) is 0 Å². The van der Waals surface area contributed by atoms with Crippen LogP contribution in [0.1, 0.15) is 12.5 Å². The number of hydrogen-bond acceptors (Lipinski definition) is 1. The first-order valence-electron chi connectivity index (χ1n) is 5.94. The molecule has 0 fully saturated rings. The Morgan fingerprint density at radius 3 is 2.50 bits per heavy atom. The van der Waals surface area contributed by atoms with E-state index < -0.39 is 0 Å². The number of halogens is 2. The van der Waals surface area contributed by atoms with Crippen LogP contribution in [0.15, 0.2) is 53.0 Å². The van der Waals surface area contributed by atoms with Crippen molar-refractivity contribution >= 4 is 21.6 Å². The van der Waals surface area contributed by atoms with E-state index in [-0.39, 0.29) is 5.82 Å². The van der Waals surface area contributed by atoms with Crippen LogP contribution in [0.2, 0.25) is 0 Å². The highest BCUT2D eigenvalue weighted by molar-refractivity contribution is 9.10. The Morgan fingerprint density at radius 1 is 1.11 bits per heavy atom. The Kier molecular flexibility index (Phi) is 4.37. The van der Waals surface area contributed by atoms with Crippen LogP contribution < -0.4 is 4.90 Å². The molecule has 3 heteroatoms. The summed E-state index contributed by atoms with van der Waals surface area (Å²) in [6.45, 7) is 3.51. The van der Waals surface area contributed by atoms with Crippen LogP contribution in [0.4, 0.5) is 10.1 Å². The first kappa shape index (κ1) is 13.1. The van der Waals surface area contributed by atoms with Crippen molar-refractivity contribution in [2.24, 2.45) is 0 Å². The van der Waals surface area contributed by atoms with E-state index in [0.29, 0.717) is 12.2 Å². The summed E-state index contributed by atoms with van der Waals surface area (Å²) in [6.07, 6.45) is 0. The molecule has 0 atom stereocenters. The van der Waals surface area contributed by atoms with Gasteiger partial charge in [0.15, 0.2) is 0 Å². The van der Waals surface area contributed by atoms with Crippen molar-refractivity contribution in [2.75, 3.05) is 11.4 Å². The van der Waals surface area contributed by atoms with Crippen molar-refractivity contribution in [3.05, 3.63) is 64.4 Å². The molecule has 0 saturated heterocycles. The van der Waals surface area contributed by atoms with Crippen LogP contribution in [0.3, 0.4) is 0 Å². The molecule has 2 rings (SSSR count). The molecule has 0 aliphatic rings. The lowest BCUT2D eigenvalue weighted by atomic mass is 10.2. The van der Waals surface area contributed by atoms with Gasteiger partial charge in [-0.05, 0) is 30.7 Å². The molecule has 0 bridgehead atoms. The lowest BCUT2D eigenvalue weighted by Gasteiger charge is -2.24. The maximum Gasteiger partial charge on any atom is 0.146 e. The van der Waals surface area contributed by atoms with Crippen molar-refractivity contribution in [1.82, 2.24) is 0 Å². The van der Waals surface area contributed by atoms with E-state index in [9.17, 15) is 4.39 Å². The summed E-state index contributed by atoms with van der Waals surface area (Å²) in [4.78, 5) is 2.02. The minimum atomic E-state index is -0.184. The Labute approximate surface area is 115 Å². The zero-order valence-electron chi connectivity index (χ0n) is 10.2. The van der Waals surface area contributed by atoms with E-state index in [0.717, 1.165) is 11.0 Å². The highest BCUT2D eigenvalue weighted by atomic mass is 79.9. The Balaban J connectivity index is 2.26. The molecule has 0 unspecified atom stereocenters. The average molecular weight is 308 g/mol. The van der Waals surface area contributed by atoms with Crippen LogP contribution in [0, 0.1) is 5.82 Å². The SMILES string of the molecule is CCN(Cc1ccccc1)c1cc(Br)ccc1F. The predicted molar refractivity (Wildman–Crippen MR) is 77.3 cm³/mol. The summed E-state index contributed by atoms with van der Waals surface area (Å²) in [5, 5.41) is 0. The third kappa shape index (κ3) is 3.10. The lowest BCUT2D eigenvalue weighted by Crippen LogP contribution is -2.23. The molecule has 94 valence electrons. The summed E-state index contributed by atoms with van der Waals surface area (Å²) in [7, 11) is 0. The van der Waals surface area contributed by atoms with E-state index in [1.165, 1.54) is 11.6 Å². The topological polar surface area (TPSA) is 3.24 Å². The molecule has 1 nitrogen and oxygen atoms in total. The van der Waals surface area contributed by atoms with Gasteiger partial charge in [-0.3, -0.25) is 0 Å². The summed E-state index contributed by atoms with van der Waals surface area (Å²) >= 11 is 3.39. The first-order chi connectivity index (χ1) is 8.70. The zero-order valence-corrected chi connectivity index (χ0v) is 11.8. The van der Waals surface area contributed by atoms with Gasteiger partial charge in [0.1, 0.15) is 5.82 Å². The maximum absolute atomic E-state index is 13.8. The fraction of sp³-hybridized carbons (Fsp3) is 0.200. The normalized spacial score (nSPS) is 10.4. The Morgan fingerprint density at radius 2 is 1.83 bits per heavy atom. The summed E-state index contributed by atoms with van der Waals surface area (Å²) in [5.41, 5.74) is 1.81. The summed E-state index contributed by atoms with van der Waals surface area (Å²) in [5.74, 6) is -0.184. The van der Waals surface area contributed by atoms with Crippen LogP contribution >= 0.6 is 15.9 Å². The van der Waals surface area contributed by atoms with E-state index >= 15 is 0 Å². The quantitative estimate of drug-likeness (QED) is 0.797. The molecule has 0 spiro atoms. The van der Waals surface area contributed by atoms with Gasteiger partial charge in [0.2, 0.25) is 0 Å². The van der Waals surface area contributed by atoms with Gasteiger partial charge in [-0.1, -0.05) is 46.3 Å². The Hall–Kier alpha value is -1.35. The number of benzene rings is 2. The van der Waals surface area contributed by atoms with Crippen LogP contribution in [-0.2, 0) is 6.54 Å². The van der Waals surface area contributed by atoms with Crippen LogP contribution in [0.5, 0.6) is 0 Å². The smallest absolute Gasteiger partial charge is 0.146 e. The third-order valence-corrected chi connectivity index (χ3v) is 3.34. The third-order valence-electron chi connectivity index (χ3n) is 2.85. The number of rotatable bonds is 4. The number of hydrogen-bond donors (Lipinski definition) is 0. The maximum atomic E-state index is 13.8. The highest BCUT2D eigenvalue weighted by Crippen LogP contribution is 2.25. The minimum Gasteiger partial charge on any atom is -0.365 e. The Bertz CT molecular complexity index is 513. The second-order valence-electron chi connectivity index (χ2n) is 4.10. The molecular formula is C15H15BrFN. The van der Waals surface area contributed by atoms with E-state index in [1.54, 1.807) is 6.07 Å². The fourth-order valence-electron chi connectivity index (χ4n) is 1.90. The molecule has 0 heterocycles. The fourth-order valence-corrected chi connectivity index (χ4v) is 2.25. The van der Waals surface area contributed by atoms with Gasteiger partial charge >= 0.3 is 0 Å². The molecule has 0 aliphatic carbocycles. The van der Waals surface area contributed by atoms with E-state index in [2.05, 4.69) is 28.1 Å². The van der Waals surface area contributed by atoms with Crippen molar-refractivity contribution in [3.8, 4) is 0 Å². The molecule has 0 aliphatic heterocycles. The largest absolute Gasteiger partial charge is 0.365 e. The number of nitrogens with zero attached hydrogens (tertiary/aromatic N) is 1. The monoisotopic (exact) mass is 307 g/mol. The van der Waals surface area contributed by atoms with E-state index in [1.807, 2.05) is 36.1 Å². The van der Waals surface area contributed by atoms with Crippen molar-refractivity contribution in [2.45, 2.75) is 13.5 Å². The van der Waals surface area contributed by atoms with Crippen molar-refractivity contribution < 1.29 is 4.39 Å². The second kappa shape index (κ2) is 6.01.